The number of unbranched alkanes of at least 4 members (excludes halogenated alkanes) is 4. The van der Waals surface area contributed by atoms with Crippen LogP contribution in [0.4, 0.5) is 4.79 Å². The van der Waals surface area contributed by atoms with Crippen LogP contribution in [0.15, 0.2) is 27.3 Å². The summed E-state index contributed by atoms with van der Waals surface area (Å²) in [7, 11) is 0. The van der Waals surface area contributed by atoms with Gasteiger partial charge in [-0.3, -0.25) is 33.3 Å². The number of urea groups is 1. The van der Waals surface area contributed by atoms with Crippen molar-refractivity contribution in [2.24, 2.45) is 0 Å². The van der Waals surface area contributed by atoms with E-state index in [1.807, 2.05) is 27.7 Å². The van der Waals surface area contributed by atoms with Crippen LogP contribution in [0.1, 0.15) is 84.6 Å². The Labute approximate surface area is 217 Å². The number of barbiturate groups is 1. The number of rotatable bonds is 14. The van der Waals surface area contributed by atoms with E-state index >= 15 is 0 Å². The van der Waals surface area contributed by atoms with E-state index in [0.717, 1.165) is 40.1 Å². The maximum absolute atomic E-state index is 13.1. The molecule has 10 heteroatoms. The van der Waals surface area contributed by atoms with Gasteiger partial charge in [0.15, 0.2) is 0 Å². The average Bonchev–Trinajstić information content (AvgIpc) is 2.87. The molecule has 1 aromatic heterocycles. The summed E-state index contributed by atoms with van der Waals surface area (Å²) in [6.07, 6.45) is 9.53. The van der Waals surface area contributed by atoms with E-state index in [1.54, 1.807) is 0 Å². The predicted octanol–water partition coefficient (Wildman–Crippen LogP) is 3.65. The van der Waals surface area contributed by atoms with Crippen molar-refractivity contribution in [3.63, 3.8) is 0 Å². The van der Waals surface area contributed by atoms with Gasteiger partial charge in [-0.15, -0.1) is 0 Å². The lowest BCUT2D eigenvalue weighted by molar-refractivity contribution is -0.136. The number of allylic oxidation sites excluding steroid dienone is 2. The van der Waals surface area contributed by atoms with Gasteiger partial charge >= 0.3 is 11.7 Å². The van der Waals surface area contributed by atoms with Crippen molar-refractivity contribution in [3.05, 3.63) is 44.1 Å². The molecule has 1 aromatic rings. The van der Waals surface area contributed by atoms with Crippen molar-refractivity contribution in [2.75, 3.05) is 13.1 Å². The largest absolute Gasteiger partial charge is 0.494 e. The Morgan fingerprint density at radius 1 is 0.676 bits per heavy atom. The number of hydrogen-bond acceptors (Lipinski definition) is 6. The molecule has 0 bridgehead atoms. The second-order valence-electron chi connectivity index (χ2n) is 9.18. The smallest absolute Gasteiger partial charge is 0.333 e. The SMILES string of the molecule is CCCCN1C(=O)C(=C/C=C/c2c(O)n(CCCC)c(=O)n(CCCC)c2=O)C(=O)N(CCCC)C1=O. The van der Waals surface area contributed by atoms with Crippen molar-refractivity contribution in [3.8, 4) is 5.88 Å². The summed E-state index contributed by atoms with van der Waals surface area (Å²) in [5.74, 6) is -1.81. The number of aromatic nitrogens is 2. The zero-order valence-electron chi connectivity index (χ0n) is 22.5. The van der Waals surface area contributed by atoms with E-state index in [9.17, 15) is 29.1 Å². The minimum Gasteiger partial charge on any atom is -0.494 e. The molecule has 0 radical (unpaired) electrons. The summed E-state index contributed by atoms with van der Waals surface area (Å²) in [4.78, 5) is 67.0. The van der Waals surface area contributed by atoms with Gasteiger partial charge in [-0.2, -0.15) is 0 Å². The highest BCUT2D eigenvalue weighted by molar-refractivity contribution is 6.28. The van der Waals surface area contributed by atoms with E-state index in [-0.39, 0.29) is 37.3 Å². The lowest BCUT2D eigenvalue weighted by Crippen LogP contribution is -2.56. The average molecular weight is 517 g/mol. The number of carbonyl (C=O) groups is 3. The molecular weight excluding hydrogens is 476 g/mol. The molecule has 0 spiro atoms. The van der Waals surface area contributed by atoms with Gasteiger partial charge < -0.3 is 5.11 Å². The van der Waals surface area contributed by atoms with E-state index in [4.69, 9.17) is 0 Å². The van der Waals surface area contributed by atoms with Gasteiger partial charge in [0.25, 0.3) is 17.4 Å². The number of aromatic hydroxyl groups is 1. The molecule has 1 N–H and O–H groups in total. The van der Waals surface area contributed by atoms with Gasteiger partial charge in [-0.05, 0) is 37.8 Å². The number of amides is 4. The van der Waals surface area contributed by atoms with Crippen molar-refractivity contribution >= 4 is 23.9 Å². The number of hydrogen-bond donors (Lipinski definition) is 1. The summed E-state index contributed by atoms with van der Waals surface area (Å²) in [6.45, 7) is 8.68. The Balaban J connectivity index is 2.54. The first kappa shape index (κ1) is 29.8. The molecule has 2 rings (SSSR count). The molecule has 204 valence electrons. The first-order valence-corrected chi connectivity index (χ1v) is 13.4. The molecule has 10 nitrogen and oxygen atoms in total. The topological polar surface area (TPSA) is 122 Å². The third kappa shape index (κ3) is 6.87. The molecule has 0 atom stereocenters. The van der Waals surface area contributed by atoms with E-state index in [2.05, 4.69) is 0 Å². The summed E-state index contributed by atoms with van der Waals surface area (Å²) < 4.78 is 2.29. The summed E-state index contributed by atoms with van der Waals surface area (Å²) in [5, 5.41) is 10.8. The minimum absolute atomic E-state index is 0.0962. The highest BCUT2D eigenvalue weighted by atomic mass is 16.3. The number of imide groups is 2. The van der Waals surface area contributed by atoms with Gasteiger partial charge in [-0.1, -0.05) is 59.5 Å². The van der Waals surface area contributed by atoms with Crippen LogP contribution in [0.3, 0.4) is 0 Å². The molecule has 37 heavy (non-hydrogen) atoms. The van der Waals surface area contributed by atoms with Crippen molar-refractivity contribution < 1.29 is 19.5 Å². The summed E-state index contributed by atoms with van der Waals surface area (Å²) >= 11 is 0. The first-order chi connectivity index (χ1) is 17.7. The standard InChI is InChI=1S/C27H40N4O6/c1-5-9-16-28-22(32)20(23(33)29(26(28)36)17-10-6-2)14-13-15-21-24(34)30(18-11-7-3)27(37)31(25(21)35)19-12-8-4/h13-15,32H,5-12,16-19H2,1-4H3/b14-13+. The van der Waals surface area contributed by atoms with Gasteiger partial charge in [0, 0.05) is 26.2 Å². The molecule has 1 fully saturated rings. The third-order valence-corrected chi connectivity index (χ3v) is 6.31. The fourth-order valence-electron chi connectivity index (χ4n) is 4.00. The fraction of sp³-hybridized carbons (Fsp3) is 0.593. The Morgan fingerprint density at radius 2 is 1.14 bits per heavy atom. The van der Waals surface area contributed by atoms with Crippen LogP contribution in [-0.2, 0) is 22.7 Å². The Morgan fingerprint density at radius 3 is 1.62 bits per heavy atom. The molecule has 2 heterocycles. The molecule has 0 saturated carbocycles. The fourth-order valence-corrected chi connectivity index (χ4v) is 4.00. The maximum atomic E-state index is 13.1. The second kappa shape index (κ2) is 14.3. The van der Waals surface area contributed by atoms with E-state index in [0.29, 0.717) is 25.7 Å². The Bertz CT molecular complexity index is 1130. The van der Waals surface area contributed by atoms with Crippen LogP contribution < -0.4 is 11.2 Å². The van der Waals surface area contributed by atoms with Crippen LogP contribution in [-0.4, -0.2) is 55.0 Å². The van der Waals surface area contributed by atoms with Crippen molar-refractivity contribution in [2.45, 2.75) is 92.2 Å². The zero-order valence-corrected chi connectivity index (χ0v) is 22.5. The Hall–Kier alpha value is -3.43. The molecule has 1 saturated heterocycles. The summed E-state index contributed by atoms with van der Waals surface area (Å²) in [5.41, 5.74) is -1.48. The second-order valence-corrected chi connectivity index (χ2v) is 9.18. The molecule has 1 aliphatic heterocycles. The van der Waals surface area contributed by atoms with E-state index in [1.165, 1.54) is 22.8 Å². The van der Waals surface area contributed by atoms with Crippen LogP contribution in [0.2, 0.25) is 0 Å². The Kier molecular flexibility index (Phi) is 11.6. The van der Waals surface area contributed by atoms with E-state index < -0.39 is 35.0 Å². The molecule has 0 aliphatic carbocycles. The molecule has 4 amide bonds. The monoisotopic (exact) mass is 516 g/mol. The number of nitrogens with zero attached hydrogens (tertiary/aromatic N) is 4. The van der Waals surface area contributed by atoms with Crippen LogP contribution in [0, 0.1) is 0 Å². The lowest BCUT2D eigenvalue weighted by atomic mass is 10.1. The zero-order chi connectivity index (χ0) is 27.5. The third-order valence-electron chi connectivity index (χ3n) is 6.31. The highest BCUT2D eigenvalue weighted by Crippen LogP contribution is 2.20. The molecule has 0 unspecified atom stereocenters. The van der Waals surface area contributed by atoms with Gasteiger partial charge in [-0.25, -0.2) is 9.59 Å². The van der Waals surface area contributed by atoms with Crippen molar-refractivity contribution in [1.29, 1.82) is 0 Å². The normalized spacial score (nSPS) is 14.4. The van der Waals surface area contributed by atoms with Crippen LogP contribution in [0.25, 0.3) is 6.08 Å². The molecular formula is C27H40N4O6. The van der Waals surface area contributed by atoms with Crippen molar-refractivity contribution in [1.82, 2.24) is 18.9 Å². The first-order valence-electron chi connectivity index (χ1n) is 13.4. The number of carbonyl (C=O) groups excluding carboxylic acids is 3. The minimum atomic E-state index is -0.682. The van der Waals surface area contributed by atoms with Gasteiger partial charge in [0.2, 0.25) is 5.88 Å². The maximum Gasteiger partial charge on any atom is 0.333 e. The predicted molar refractivity (Wildman–Crippen MR) is 142 cm³/mol. The summed E-state index contributed by atoms with van der Waals surface area (Å²) in [6, 6.07) is -0.613. The quantitative estimate of drug-likeness (QED) is 0.298. The van der Waals surface area contributed by atoms with Gasteiger partial charge in [0.1, 0.15) is 11.1 Å². The molecule has 0 aromatic carbocycles. The van der Waals surface area contributed by atoms with Gasteiger partial charge in [0.05, 0.1) is 0 Å². The lowest BCUT2D eigenvalue weighted by Gasteiger charge is -2.33. The van der Waals surface area contributed by atoms with Crippen LogP contribution >= 0.6 is 0 Å². The van der Waals surface area contributed by atoms with Crippen LogP contribution in [0.5, 0.6) is 5.88 Å². The molecule has 1 aliphatic rings. The highest BCUT2D eigenvalue weighted by Gasteiger charge is 2.40.